The summed E-state index contributed by atoms with van der Waals surface area (Å²) in [6.07, 6.45) is 0.849. The molecule has 2 aromatic carbocycles. The van der Waals surface area contributed by atoms with Gasteiger partial charge < -0.3 is 10.3 Å². The zero-order valence-corrected chi connectivity index (χ0v) is 15.4. The molecule has 1 aliphatic heterocycles. The normalized spacial score (nSPS) is 17.1. The first kappa shape index (κ1) is 18.2. The number of likely N-dealkylation sites (tertiary alicyclic amines) is 1. The lowest BCUT2D eigenvalue weighted by Crippen LogP contribution is -2.44. The van der Waals surface area contributed by atoms with Gasteiger partial charge in [-0.15, -0.1) is 0 Å². The molecule has 0 spiro atoms. The topological polar surface area (TPSA) is 87.2 Å². The van der Waals surface area contributed by atoms with Crippen LogP contribution >= 0.6 is 0 Å². The number of nitrogens with zero attached hydrogens (tertiary/aromatic N) is 2. The van der Waals surface area contributed by atoms with Crippen LogP contribution in [0.15, 0.2) is 64.2 Å². The molecule has 2 N–H and O–H groups in total. The van der Waals surface area contributed by atoms with Crippen molar-refractivity contribution in [3.05, 3.63) is 81.0 Å². The Balaban J connectivity index is 1.40. The first-order valence-electron chi connectivity index (χ1n) is 9.37. The highest BCUT2D eigenvalue weighted by molar-refractivity contribution is 5.79. The van der Waals surface area contributed by atoms with Gasteiger partial charge in [-0.3, -0.25) is 19.1 Å². The average Bonchev–Trinajstić information content (AvgIpc) is 3.12. The van der Waals surface area contributed by atoms with E-state index in [1.165, 1.54) is 5.56 Å². The van der Waals surface area contributed by atoms with Crippen LogP contribution in [0.25, 0.3) is 10.9 Å². The molecule has 7 nitrogen and oxygen atoms in total. The van der Waals surface area contributed by atoms with Crippen LogP contribution in [0.3, 0.4) is 0 Å². The highest BCUT2D eigenvalue weighted by atomic mass is 16.2. The van der Waals surface area contributed by atoms with Gasteiger partial charge >= 0.3 is 5.69 Å². The number of benzene rings is 2. The number of para-hydroxylation sites is 1. The van der Waals surface area contributed by atoms with Crippen LogP contribution in [0.5, 0.6) is 0 Å². The Morgan fingerprint density at radius 1 is 1.07 bits per heavy atom. The van der Waals surface area contributed by atoms with Crippen LogP contribution < -0.4 is 16.6 Å². The lowest BCUT2D eigenvalue weighted by molar-refractivity contribution is -0.122. The van der Waals surface area contributed by atoms with E-state index in [0.717, 1.165) is 30.6 Å². The van der Waals surface area contributed by atoms with E-state index in [4.69, 9.17) is 0 Å². The molecule has 0 radical (unpaired) electrons. The summed E-state index contributed by atoms with van der Waals surface area (Å²) in [6.45, 7) is 2.21. The summed E-state index contributed by atoms with van der Waals surface area (Å²) in [6, 6.07) is 17.0. The Bertz CT molecular complexity index is 1100. The first-order valence-corrected chi connectivity index (χ1v) is 9.37. The van der Waals surface area contributed by atoms with Crippen LogP contribution in [0.1, 0.15) is 12.0 Å². The highest BCUT2D eigenvalue weighted by Crippen LogP contribution is 2.13. The maximum Gasteiger partial charge on any atom is 0.329 e. The zero-order valence-electron chi connectivity index (χ0n) is 15.4. The fourth-order valence-electron chi connectivity index (χ4n) is 3.70. The third kappa shape index (κ3) is 3.89. The lowest BCUT2D eigenvalue weighted by atomic mass is 10.2. The zero-order chi connectivity index (χ0) is 19.5. The predicted molar refractivity (Wildman–Crippen MR) is 107 cm³/mol. The van der Waals surface area contributed by atoms with Gasteiger partial charge in [0.1, 0.15) is 6.54 Å². The van der Waals surface area contributed by atoms with Gasteiger partial charge in [-0.1, -0.05) is 42.5 Å². The molecule has 3 aromatic rings. The molecule has 144 valence electrons. The van der Waals surface area contributed by atoms with Crippen molar-refractivity contribution < 1.29 is 4.79 Å². The molecule has 0 bridgehead atoms. The monoisotopic (exact) mass is 378 g/mol. The van der Waals surface area contributed by atoms with Crippen molar-refractivity contribution in [1.82, 2.24) is 19.8 Å². The second-order valence-corrected chi connectivity index (χ2v) is 7.14. The van der Waals surface area contributed by atoms with Gasteiger partial charge in [0, 0.05) is 25.7 Å². The third-order valence-corrected chi connectivity index (χ3v) is 5.08. The molecule has 0 aliphatic carbocycles. The molecule has 1 atom stereocenters. The standard InChI is InChI=1S/C21H22N4O3/c26-19(14-25-20(27)17-8-4-5-9-18(17)23-21(25)28)22-16-10-11-24(13-16)12-15-6-2-1-3-7-15/h1-9,16H,10-14H2,(H,22,26)(H,23,28). The summed E-state index contributed by atoms with van der Waals surface area (Å²) in [5.74, 6) is -0.325. The van der Waals surface area contributed by atoms with E-state index in [2.05, 4.69) is 27.3 Å². The lowest BCUT2D eigenvalue weighted by Gasteiger charge is -2.17. The van der Waals surface area contributed by atoms with Crippen molar-refractivity contribution in [2.45, 2.75) is 25.6 Å². The summed E-state index contributed by atoms with van der Waals surface area (Å²) >= 11 is 0. The number of hydrogen-bond acceptors (Lipinski definition) is 4. The van der Waals surface area contributed by atoms with Gasteiger partial charge in [-0.2, -0.15) is 0 Å². The smallest absolute Gasteiger partial charge is 0.329 e. The quantitative estimate of drug-likeness (QED) is 0.696. The number of amides is 1. The van der Waals surface area contributed by atoms with Crippen molar-refractivity contribution >= 4 is 16.8 Å². The van der Waals surface area contributed by atoms with Crippen LogP contribution in [-0.4, -0.2) is 39.5 Å². The summed E-state index contributed by atoms with van der Waals surface area (Å²) in [4.78, 5) is 42.1. The Kier molecular flexibility index (Phi) is 5.08. The number of fused-ring (bicyclic) bond motifs is 1. The fourth-order valence-corrected chi connectivity index (χ4v) is 3.70. The van der Waals surface area contributed by atoms with Crippen molar-refractivity contribution in [3.63, 3.8) is 0 Å². The maximum atomic E-state index is 12.5. The minimum absolute atomic E-state index is 0.0199. The van der Waals surface area contributed by atoms with Crippen LogP contribution in [0.2, 0.25) is 0 Å². The minimum atomic E-state index is -0.573. The van der Waals surface area contributed by atoms with Gasteiger partial charge in [-0.25, -0.2) is 4.79 Å². The SMILES string of the molecule is O=C(Cn1c(=O)[nH]c2ccccc2c1=O)NC1CCN(Cc2ccccc2)C1. The molecule has 0 saturated carbocycles. The van der Waals surface area contributed by atoms with Gasteiger partial charge in [-0.05, 0) is 24.1 Å². The number of hydrogen-bond donors (Lipinski definition) is 2. The van der Waals surface area contributed by atoms with Crippen LogP contribution in [0, 0.1) is 0 Å². The molecule has 2 heterocycles. The molecule has 1 aromatic heterocycles. The summed E-state index contributed by atoms with van der Waals surface area (Å²) < 4.78 is 0.953. The summed E-state index contributed by atoms with van der Waals surface area (Å²) in [7, 11) is 0. The first-order chi connectivity index (χ1) is 13.6. The van der Waals surface area contributed by atoms with Crippen molar-refractivity contribution in [2.75, 3.05) is 13.1 Å². The predicted octanol–water partition coefficient (Wildman–Crippen LogP) is 1.08. The third-order valence-electron chi connectivity index (χ3n) is 5.08. The van der Waals surface area contributed by atoms with Crippen LogP contribution in [-0.2, 0) is 17.9 Å². The molecule has 1 saturated heterocycles. The molecule has 7 heteroatoms. The second-order valence-electron chi connectivity index (χ2n) is 7.14. The largest absolute Gasteiger partial charge is 0.350 e. The van der Waals surface area contributed by atoms with E-state index in [0.29, 0.717) is 10.9 Å². The number of aromatic nitrogens is 2. The van der Waals surface area contributed by atoms with Crippen molar-refractivity contribution in [3.8, 4) is 0 Å². The van der Waals surface area contributed by atoms with Gasteiger partial charge in [0.25, 0.3) is 5.56 Å². The van der Waals surface area contributed by atoms with E-state index in [1.54, 1.807) is 24.3 Å². The Hall–Kier alpha value is -3.19. The minimum Gasteiger partial charge on any atom is -0.350 e. The summed E-state index contributed by atoms with van der Waals surface area (Å²) in [5, 5.41) is 3.35. The Labute approximate surface area is 161 Å². The number of H-pyrrole nitrogens is 1. The van der Waals surface area contributed by atoms with E-state index >= 15 is 0 Å². The molecular weight excluding hydrogens is 356 g/mol. The van der Waals surface area contributed by atoms with E-state index in [9.17, 15) is 14.4 Å². The number of aromatic amines is 1. The second kappa shape index (κ2) is 7.82. The Morgan fingerprint density at radius 2 is 1.82 bits per heavy atom. The van der Waals surface area contributed by atoms with Gasteiger partial charge in [0.2, 0.25) is 5.91 Å². The number of carbonyl (C=O) groups is 1. The molecule has 1 amide bonds. The summed E-state index contributed by atoms with van der Waals surface area (Å²) in [5.41, 5.74) is 0.688. The van der Waals surface area contributed by atoms with Crippen molar-refractivity contribution in [1.29, 1.82) is 0 Å². The van der Waals surface area contributed by atoms with Gasteiger partial charge in [0.15, 0.2) is 0 Å². The maximum absolute atomic E-state index is 12.5. The van der Waals surface area contributed by atoms with E-state index in [-0.39, 0.29) is 18.5 Å². The van der Waals surface area contributed by atoms with Gasteiger partial charge in [0.05, 0.1) is 10.9 Å². The number of rotatable bonds is 5. The van der Waals surface area contributed by atoms with E-state index in [1.807, 2.05) is 18.2 Å². The van der Waals surface area contributed by atoms with Crippen molar-refractivity contribution in [2.24, 2.45) is 0 Å². The van der Waals surface area contributed by atoms with E-state index < -0.39 is 11.2 Å². The number of carbonyl (C=O) groups excluding carboxylic acids is 1. The Morgan fingerprint density at radius 3 is 2.64 bits per heavy atom. The molecule has 4 rings (SSSR count). The average molecular weight is 378 g/mol. The van der Waals surface area contributed by atoms with Crippen LogP contribution in [0.4, 0.5) is 0 Å². The molecular formula is C21H22N4O3. The highest BCUT2D eigenvalue weighted by Gasteiger charge is 2.24. The molecule has 1 aliphatic rings. The fraction of sp³-hybridized carbons (Fsp3) is 0.286. The molecule has 1 fully saturated rings. The molecule has 1 unspecified atom stereocenters. The molecule has 28 heavy (non-hydrogen) atoms. The number of nitrogens with one attached hydrogen (secondary N) is 2.